The molecule has 4 nitrogen and oxygen atoms in total. The van der Waals surface area contributed by atoms with Gasteiger partial charge in [0, 0.05) is 19.3 Å². The maximum Gasteiger partial charge on any atom is 0.241 e. The lowest BCUT2D eigenvalue weighted by atomic mass is 10.1. The van der Waals surface area contributed by atoms with Gasteiger partial charge < -0.3 is 15.4 Å². The first kappa shape index (κ1) is 12.1. The molecule has 1 aromatic rings. The van der Waals surface area contributed by atoms with Crippen LogP contribution in [0, 0.1) is 6.92 Å². The van der Waals surface area contributed by atoms with Crippen LogP contribution >= 0.6 is 0 Å². The Hall–Kier alpha value is -1.39. The third-order valence-corrected chi connectivity index (χ3v) is 3.03. The van der Waals surface area contributed by atoms with Crippen LogP contribution in [0.4, 0.5) is 5.69 Å². The maximum atomic E-state index is 12.0. The summed E-state index contributed by atoms with van der Waals surface area (Å²) in [5.74, 6) is 0.00940. The molecule has 1 fully saturated rings. The Balaban J connectivity index is 1.93. The molecule has 1 aromatic carbocycles. The predicted molar refractivity (Wildman–Crippen MR) is 67.0 cm³/mol. The number of amides is 1. The van der Waals surface area contributed by atoms with Crippen LogP contribution in [0.1, 0.15) is 12.0 Å². The van der Waals surface area contributed by atoms with E-state index >= 15 is 0 Å². The van der Waals surface area contributed by atoms with Crippen molar-refractivity contribution in [3.8, 4) is 0 Å². The molecule has 2 unspecified atom stereocenters. The van der Waals surface area contributed by atoms with Gasteiger partial charge in [0.15, 0.2) is 0 Å². The van der Waals surface area contributed by atoms with E-state index in [1.165, 1.54) is 0 Å². The minimum Gasteiger partial charge on any atom is -0.380 e. The third-order valence-electron chi connectivity index (χ3n) is 3.03. The maximum absolute atomic E-state index is 12.0. The van der Waals surface area contributed by atoms with Gasteiger partial charge in [-0.15, -0.1) is 0 Å². The number of rotatable bonds is 3. The minimum absolute atomic E-state index is 0.00940. The van der Waals surface area contributed by atoms with E-state index in [1.807, 2.05) is 31.2 Å². The van der Waals surface area contributed by atoms with Crippen LogP contribution in [0.2, 0.25) is 0 Å². The van der Waals surface area contributed by atoms with E-state index < -0.39 is 0 Å². The van der Waals surface area contributed by atoms with Crippen molar-refractivity contribution < 1.29 is 9.53 Å². The Labute approximate surface area is 101 Å². The molecule has 2 atom stereocenters. The van der Waals surface area contributed by atoms with Gasteiger partial charge in [0.05, 0.1) is 12.1 Å². The zero-order chi connectivity index (χ0) is 12.3. The van der Waals surface area contributed by atoms with Crippen molar-refractivity contribution in [2.75, 3.05) is 19.0 Å². The molecule has 0 radical (unpaired) electrons. The van der Waals surface area contributed by atoms with Gasteiger partial charge in [-0.2, -0.15) is 0 Å². The molecular formula is C13H18N2O2. The summed E-state index contributed by atoms with van der Waals surface area (Å²) in [4.78, 5) is 12.0. The Morgan fingerprint density at radius 2 is 2.35 bits per heavy atom. The largest absolute Gasteiger partial charge is 0.380 e. The second kappa shape index (κ2) is 5.29. The van der Waals surface area contributed by atoms with Gasteiger partial charge in [0.1, 0.15) is 0 Å². The highest BCUT2D eigenvalue weighted by molar-refractivity contribution is 5.95. The van der Waals surface area contributed by atoms with Crippen molar-refractivity contribution in [1.82, 2.24) is 5.32 Å². The van der Waals surface area contributed by atoms with Crippen LogP contribution in [-0.2, 0) is 9.53 Å². The van der Waals surface area contributed by atoms with Gasteiger partial charge in [-0.1, -0.05) is 12.1 Å². The second-order valence-corrected chi connectivity index (χ2v) is 4.41. The van der Waals surface area contributed by atoms with Crippen LogP contribution < -0.4 is 10.6 Å². The molecule has 0 aliphatic carbocycles. The highest BCUT2D eigenvalue weighted by Gasteiger charge is 2.29. The van der Waals surface area contributed by atoms with Crippen molar-refractivity contribution in [3.05, 3.63) is 29.8 Å². The van der Waals surface area contributed by atoms with E-state index in [4.69, 9.17) is 4.74 Å². The number of carbonyl (C=O) groups excluding carboxylic acids is 1. The molecule has 0 bridgehead atoms. The van der Waals surface area contributed by atoms with Gasteiger partial charge in [-0.05, 0) is 31.0 Å². The van der Waals surface area contributed by atoms with E-state index in [9.17, 15) is 4.79 Å². The van der Waals surface area contributed by atoms with E-state index in [1.54, 1.807) is 7.11 Å². The Morgan fingerprint density at radius 1 is 1.53 bits per heavy atom. The number of hydrogen-bond acceptors (Lipinski definition) is 3. The summed E-state index contributed by atoms with van der Waals surface area (Å²) in [6.45, 7) is 2.74. The van der Waals surface area contributed by atoms with Crippen LogP contribution in [0.5, 0.6) is 0 Å². The average Bonchev–Trinajstić information content (AvgIpc) is 2.77. The molecule has 0 saturated carbocycles. The second-order valence-electron chi connectivity index (χ2n) is 4.41. The number of nitrogens with one attached hydrogen (secondary N) is 2. The van der Waals surface area contributed by atoms with Crippen LogP contribution in [0.3, 0.4) is 0 Å². The van der Waals surface area contributed by atoms with Gasteiger partial charge in [-0.25, -0.2) is 0 Å². The van der Waals surface area contributed by atoms with E-state index in [0.29, 0.717) is 0 Å². The summed E-state index contributed by atoms with van der Waals surface area (Å²) in [7, 11) is 1.67. The molecule has 1 aliphatic rings. The Morgan fingerprint density at radius 3 is 3.00 bits per heavy atom. The smallest absolute Gasteiger partial charge is 0.241 e. The fourth-order valence-corrected chi connectivity index (χ4v) is 2.03. The van der Waals surface area contributed by atoms with Crippen LogP contribution in [-0.4, -0.2) is 31.7 Å². The summed E-state index contributed by atoms with van der Waals surface area (Å²) in [6.07, 6.45) is 0.872. The molecule has 2 rings (SSSR count). The summed E-state index contributed by atoms with van der Waals surface area (Å²) in [6, 6.07) is 7.64. The zero-order valence-corrected chi connectivity index (χ0v) is 10.2. The van der Waals surface area contributed by atoms with E-state index in [2.05, 4.69) is 10.6 Å². The lowest BCUT2D eigenvalue weighted by molar-refractivity contribution is -0.118. The first-order valence-corrected chi connectivity index (χ1v) is 5.83. The lowest BCUT2D eigenvalue weighted by Crippen LogP contribution is -2.35. The number of benzene rings is 1. The third kappa shape index (κ3) is 3.05. The normalized spacial score (nSPS) is 23.6. The monoisotopic (exact) mass is 234 g/mol. The van der Waals surface area contributed by atoms with Crippen molar-refractivity contribution >= 4 is 11.6 Å². The molecule has 0 spiro atoms. The lowest BCUT2D eigenvalue weighted by Gasteiger charge is -2.11. The number of aryl methyl sites for hydroxylation is 1. The molecule has 1 saturated heterocycles. The van der Waals surface area contributed by atoms with Crippen molar-refractivity contribution in [2.45, 2.75) is 25.5 Å². The number of hydrogen-bond donors (Lipinski definition) is 2. The summed E-state index contributed by atoms with van der Waals surface area (Å²) in [5, 5.41) is 6.07. The minimum atomic E-state index is -0.152. The fourth-order valence-electron chi connectivity index (χ4n) is 2.03. The summed E-state index contributed by atoms with van der Waals surface area (Å²) < 4.78 is 5.22. The SMILES string of the molecule is COC1CNC(C(=O)Nc2cccc(C)c2)C1. The predicted octanol–water partition coefficient (Wildman–Crippen LogP) is 1.31. The number of methoxy groups -OCH3 is 1. The van der Waals surface area contributed by atoms with E-state index in [-0.39, 0.29) is 18.1 Å². The molecule has 1 amide bonds. The number of ether oxygens (including phenoxy) is 1. The molecule has 1 aliphatic heterocycles. The topological polar surface area (TPSA) is 50.4 Å². The van der Waals surface area contributed by atoms with Gasteiger partial charge in [0.2, 0.25) is 5.91 Å². The molecule has 1 heterocycles. The summed E-state index contributed by atoms with van der Waals surface area (Å²) >= 11 is 0. The molecule has 92 valence electrons. The Kier molecular flexibility index (Phi) is 3.76. The molecule has 0 aromatic heterocycles. The zero-order valence-electron chi connectivity index (χ0n) is 10.2. The highest BCUT2D eigenvalue weighted by atomic mass is 16.5. The molecule has 17 heavy (non-hydrogen) atoms. The molecule has 4 heteroatoms. The highest BCUT2D eigenvalue weighted by Crippen LogP contribution is 2.14. The van der Waals surface area contributed by atoms with Crippen molar-refractivity contribution in [1.29, 1.82) is 0 Å². The molecular weight excluding hydrogens is 216 g/mol. The standard InChI is InChI=1S/C13H18N2O2/c1-9-4-3-5-10(6-9)15-13(16)12-7-11(17-2)8-14-12/h3-6,11-12,14H,7-8H2,1-2H3,(H,15,16). The van der Waals surface area contributed by atoms with Gasteiger partial charge in [-0.3, -0.25) is 4.79 Å². The van der Waals surface area contributed by atoms with Crippen LogP contribution in [0.15, 0.2) is 24.3 Å². The fraction of sp³-hybridized carbons (Fsp3) is 0.462. The quantitative estimate of drug-likeness (QED) is 0.829. The first-order valence-electron chi connectivity index (χ1n) is 5.83. The van der Waals surface area contributed by atoms with E-state index in [0.717, 1.165) is 24.2 Å². The van der Waals surface area contributed by atoms with Crippen molar-refractivity contribution in [2.24, 2.45) is 0 Å². The van der Waals surface area contributed by atoms with Crippen LogP contribution in [0.25, 0.3) is 0 Å². The molecule has 2 N–H and O–H groups in total. The number of carbonyl (C=O) groups is 1. The van der Waals surface area contributed by atoms with Crippen molar-refractivity contribution in [3.63, 3.8) is 0 Å². The average molecular weight is 234 g/mol. The Bertz CT molecular complexity index is 406. The number of anilines is 1. The van der Waals surface area contributed by atoms with Gasteiger partial charge >= 0.3 is 0 Å². The van der Waals surface area contributed by atoms with Gasteiger partial charge in [0.25, 0.3) is 0 Å². The first-order chi connectivity index (χ1) is 8.19. The summed E-state index contributed by atoms with van der Waals surface area (Å²) in [5.41, 5.74) is 1.98.